The van der Waals surface area contributed by atoms with Gasteiger partial charge in [0.15, 0.2) is 0 Å². The zero-order valence-electron chi connectivity index (χ0n) is 11.7. The smallest absolute Gasteiger partial charge is 0.212 e. The van der Waals surface area contributed by atoms with Crippen molar-refractivity contribution in [3.05, 3.63) is 35.9 Å². The molecule has 1 aromatic rings. The van der Waals surface area contributed by atoms with Gasteiger partial charge in [-0.15, -0.1) is 11.6 Å². The van der Waals surface area contributed by atoms with Gasteiger partial charge in [0.2, 0.25) is 10.0 Å². The van der Waals surface area contributed by atoms with Crippen LogP contribution in [0.5, 0.6) is 0 Å². The molecule has 0 aliphatic carbocycles. The Morgan fingerprint density at radius 1 is 1.10 bits per heavy atom. The molecule has 0 bridgehead atoms. The average molecular weight is 316 g/mol. The molecule has 3 nitrogen and oxygen atoms in total. The van der Waals surface area contributed by atoms with Crippen LogP contribution in [0, 0.1) is 0 Å². The van der Waals surface area contributed by atoms with E-state index in [1.807, 2.05) is 18.2 Å². The zero-order chi connectivity index (χ0) is 14.4. The molecule has 0 unspecified atom stereocenters. The van der Waals surface area contributed by atoms with Crippen molar-refractivity contribution < 1.29 is 8.42 Å². The summed E-state index contributed by atoms with van der Waals surface area (Å²) in [5.41, 5.74) is 1.33. The second-order valence-corrected chi connectivity index (χ2v) is 7.76. The Hall–Kier alpha value is -0.580. The SMILES string of the molecule is O=S(=O)(CCCCCl)N1CCC(c2ccccc2)CC1. The summed E-state index contributed by atoms with van der Waals surface area (Å²) in [6.07, 6.45) is 3.25. The van der Waals surface area contributed by atoms with Gasteiger partial charge in [-0.1, -0.05) is 30.3 Å². The molecule has 0 spiro atoms. The summed E-state index contributed by atoms with van der Waals surface area (Å²) in [6.45, 7) is 1.28. The first-order valence-electron chi connectivity index (χ1n) is 7.22. The number of nitrogens with zero attached hydrogens (tertiary/aromatic N) is 1. The van der Waals surface area contributed by atoms with E-state index in [-0.39, 0.29) is 5.75 Å². The van der Waals surface area contributed by atoms with Gasteiger partial charge < -0.3 is 0 Å². The third-order valence-corrected chi connectivity index (χ3v) is 6.13. The Labute approximate surface area is 127 Å². The number of hydrogen-bond acceptors (Lipinski definition) is 2. The maximum Gasteiger partial charge on any atom is 0.214 e. The number of hydrogen-bond donors (Lipinski definition) is 0. The third kappa shape index (κ3) is 4.21. The van der Waals surface area contributed by atoms with Crippen LogP contribution in [0.25, 0.3) is 0 Å². The molecule has 1 aromatic carbocycles. The molecule has 20 heavy (non-hydrogen) atoms. The summed E-state index contributed by atoms with van der Waals surface area (Å²) in [4.78, 5) is 0. The predicted molar refractivity (Wildman–Crippen MR) is 83.7 cm³/mol. The standard InChI is InChI=1S/C15H22ClNO2S/c16-10-4-5-13-20(18,19)17-11-8-15(9-12-17)14-6-2-1-3-7-14/h1-3,6-7,15H,4-5,8-13H2. The number of alkyl halides is 1. The fraction of sp³-hybridized carbons (Fsp3) is 0.600. The van der Waals surface area contributed by atoms with E-state index < -0.39 is 10.0 Å². The van der Waals surface area contributed by atoms with Crippen molar-refractivity contribution in [2.24, 2.45) is 0 Å². The largest absolute Gasteiger partial charge is 0.214 e. The van der Waals surface area contributed by atoms with Crippen LogP contribution in [-0.2, 0) is 10.0 Å². The maximum atomic E-state index is 12.2. The number of sulfonamides is 1. The molecule has 112 valence electrons. The minimum atomic E-state index is -3.09. The fourth-order valence-electron chi connectivity index (χ4n) is 2.70. The lowest BCUT2D eigenvalue weighted by molar-refractivity contribution is 0.319. The first-order valence-corrected chi connectivity index (χ1v) is 9.36. The molecule has 5 heteroatoms. The highest BCUT2D eigenvalue weighted by Gasteiger charge is 2.27. The summed E-state index contributed by atoms with van der Waals surface area (Å²) in [6, 6.07) is 10.4. The quantitative estimate of drug-likeness (QED) is 0.597. The van der Waals surface area contributed by atoms with Gasteiger partial charge in [-0.25, -0.2) is 12.7 Å². The van der Waals surface area contributed by atoms with Crippen molar-refractivity contribution in [3.63, 3.8) is 0 Å². The van der Waals surface area contributed by atoms with Gasteiger partial charge in [0, 0.05) is 19.0 Å². The Morgan fingerprint density at radius 2 is 1.75 bits per heavy atom. The van der Waals surface area contributed by atoms with E-state index in [1.165, 1.54) is 5.56 Å². The lowest BCUT2D eigenvalue weighted by Crippen LogP contribution is -2.39. The fourth-order valence-corrected chi connectivity index (χ4v) is 4.48. The van der Waals surface area contributed by atoms with Gasteiger partial charge in [-0.2, -0.15) is 0 Å². The van der Waals surface area contributed by atoms with E-state index in [4.69, 9.17) is 11.6 Å². The van der Waals surface area contributed by atoms with Crippen LogP contribution in [-0.4, -0.2) is 37.4 Å². The van der Waals surface area contributed by atoms with Gasteiger partial charge >= 0.3 is 0 Å². The molecule has 1 aliphatic heterocycles. The minimum absolute atomic E-state index is 0.232. The highest BCUT2D eigenvalue weighted by molar-refractivity contribution is 7.89. The van der Waals surface area contributed by atoms with Crippen molar-refractivity contribution in [2.75, 3.05) is 24.7 Å². The molecule has 0 radical (unpaired) electrons. The van der Waals surface area contributed by atoms with Gasteiger partial charge in [-0.05, 0) is 37.2 Å². The van der Waals surface area contributed by atoms with Crippen LogP contribution < -0.4 is 0 Å². The molecular weight excluding hydrogens is 294 g/mol. The molecule has 0 saturated carbocycles. The topological polar surface area (TPSA) is 37.4 Å². The monoisotopic (exact) mass is 315 g/mol. The summed E-state index contributed by atoms with van der Waals surface area (Å²) < 4.78 is 26.0. The van der Waals surface area contributed by atoms with Crippen LogP contribution in [0.15, 0.2) is 30.3 Å². The third-order valence-electron chi connectivity index (χ3n) is 3.90. The number of unbranched alkanes of at least 4 members (excludes halogenated alkanes) is 1. The minimum Gasteiger partial charge on any atom is -0.212 e. The van der Waals surface area contributed by atoms with Gasteiger partial charge in [0.05, 0.1) is 5.75 Å². The van der Waals surface area contributed by atoms with Gasteiger partial charge in [-0.3, -0.25) is 0 Å². The molecule has 2 rings (SSSR count). The van der Waals surface area contributed by atoms with Crippen molar-refractivity contribution in [1.29, 1.82) is 0 Å². The molecule has 0 N–H and O–H groups in total. The molecule has 1 aliphatic rings. The van der Waals surface area contributed by atoms with Crippen LogP contribution in [0.4, 0.5) is 0 Å². The van der Waals surface area contributed by atoms with Crippen LogP contribution in [0.3, 0.4) is 0 Å². The summed E-state index contributed by atoms with van der Waals surface area (Å²) in [5.74, 6) is 1.26. The van der Waals surface area contributed by atoms with Crippen LogP contribution in [0.2, 0.25) is 0 Å². The highest BCUT2D eigenvalue weighted by Crippen LogP contribution is 2.29. The van der Waals surface area contributed by atoms with E-state index in [2.05, 4.69) is 12.1 Å². The van der Waals surface area contributed by atoms with E-state index in [1.54, 1.807) is 4.31 Å². The van der Waals surface area contributed by atoms with Crippen LogP contribution in [0.1, 0.15) is 37.2 Å². The Morgan fingerprint density at radius 3 is 2.35 bits per heavy atom. The van der Waals surface area contributed by atoms with Crippen molar-refractivity contribution >= 4 is 21.6 Å². The van der Waals surface area contributed by atoms with Gasteiger partial charge in [0.1, 0.15) is 0 Å². The highest BCUT2D eigenvalue weighted by atomic mass is 35.5. The Balaban J connectivity index is 1.88. The predicted octanol–water partition coefficient (Wildman–Crippen LogP) is 3.21. The average Bonchev–Trinajstić information content (AvgIpc) is 2.48. The second kappa shape index (κ2) is 7.43. The zero-order valence-corrected chi connectivity index (χ0v) is 13.2. The summed E-state index contributed by atoms with van der Waals surface area (Å²) >= 11 is 5.59. The maximum absolute atomic E-state index is 12.2. The Kier molecular flexibility index (Phi) is 5.87. The Bertz CT molecular complexity index is 496. The second-order valence-electron chi connectivity index (χ2n) is 5.30. The normalized spacial score (nSPS) is 18.2. The van der Waals surface area contributed by atoms with E-state index in [9.17, 15) is 8.42 Å². The molecule has 1 saturated heterocycles. The molecule has 1 fully saturated rings. The lowest BCUT2D eigenvalue weighted by Gasteiger charge is -2.31. The first kappa shape index (κ1) is 15.8. The van der Waals surface area contributed by atoms with Crippen molar-refractivity contribution in [2.45, 2.75) is 31.6 Å². The van der Waals surface area contributed by atoms with Crippen molar-refractivity contribution in [1.82, 2.24) is 4.31 Å². The molecule has 0 aromatic heterocycles. The van der Waals surface area contributed by atoms with E-state index in [0.717, 1.165) is 19.3 Å². The summed E-state index contributed by atoms with van der Waals surface area (Å²) in [7, 11) is -3.09. The van der Waals surface area contributed by atoms with Crippen LogP contribution >= 0.6 is 11.6 Å². The number of piperidine rings is 1. The number of halogens is 1. The molecule has 0 amide bonds. The number of benzene rings is 1. The van der Waals surface area contributed by atoms with Gasteiger partial charge in [0.25, 0.3) is 0 Å². The lowest BCUT2D eigenvalue weighted by atomic mass is 9.90. The van der Waals surface area contributed by atoms with E-state index >= 15 is 0 Å². The summed E-state index contributed by atoms with van der Waals surface area (Å²) in [5, 5.41) is 0. The molecule has 0 atom stereocenters. The molecular formula is C15H22ClNO2S. The van der Waals surface area contributed by atoms with Crippen molar-refractivity contribution in [3.8, 4) is 0 Å². The first-order chi connectivity index (χ1) is 9.63. The number of rotatable bonds is 6. The van der Waals surface area contributed by atoms with E-state index in [0.29, 0.717) is 31.3 Å². The molecule has 1 heterocycles.